The molecular weight excluding hydrogens is 375 g/mol. The molecule has 0 saturated heterocycles. The van der Waals surface area contributed by atoms with E-state index in [9.17, 15) is 18.0 Å². The van der Waals surface area contributed by atoms with Crippen molar-refractivity contribution in [2.45, 2.75) is 6.18 Å². The summed E-state index contributed by atoms with van der Waals surface area (Å²) in [5.74, 6) is 0.111. The minimum atomic E-state index is -4.50. The summed E-state index contributed by atoms with van der Waals surface area (Å²) in [5.41, 5.74) is 0.996. The fraction of sp³-hybridized carbons (Fsp3) is 0.0526. The third kappa shape index (κ3) is 3.56. The van der Waals surface area contributed by atoms with Crippen LogP contribution in [0.4, 0.5) is 18.9 Å². The molecule has 8 heteroatoms. The molecule has 2 heterocycles. The zero-order chi connectivity index (χ0) is 19.0. The molecule has 0 aliphatic heterocycles. The molecule has 0 unspecified atom stereocenters. The summed E-state index contributed by atoms with van der Waals surface area (Å²) in [5, 5.41) is 4.57. The molecule has 136 valence electrons. The fourth-order valence-corrected chi connectivity index (χ4v) is 3.33. The first-order valence-electron chi connectivity index (χ1n) is 7.92. The number of aromatic amines is 1. The van der Waals surface area contributed by atoms with E-state index >= 15 is 0 Å². The number of carbonyl (C=O) groups is 1. The Labute approximate surface area is 155 Å². The number of rotatable bonds is 3. The number of hydrogen-bond acceptors (Lipinski definition) is 3. The van der Waals surface area contributed by atoms with Gasteiger partial charge >= 0.3 is 6.18 Å². The number of fused-ring (bicyclic) bond motifs is 1. The van der Waals surface area contributed by atoms with Gasteiger partial charge in [0.05, 0.1) is 21.5 Å². The molecule has 0 fully saturated rings. The standard InChI is InChI=1S/C19H12F3N3OS/c20-19(21,22)12-4-1-3-11(9-12)18(26)23-13-6-7-14-15(10-13)25-17(24-14)16-5-2-8-27-16/h1-10H,(H,23,26)(H,24,25). The van der Waals surface area contributed by atoms with Crippen LogP contribution in [0.15, 0.2) is 60.0 Å². The van der Waals surface area contributed by atoms with Gasteiger partial charge in [-0.3, -0.25) is 4.79 Å². The largest absolute Gasteiger partial charge is 0.416 e. The van der Waals surface area contributed by atoms with Crippen molar-refractivity contribution in [3.05, 3.63) is 71.1 Å². The lowest BCUT2D eigenvalue weighted by Crippen LogP contribution is -2.13. The summed E-state index contributed by atoms with van der Waals surface area (Å²) in [6.45, 7) is 0. The number of imidazole rings is 1. The maximum atomic E-state index is 12.8. The van der Waals surface area contributed by atoms with Crippen LogP contribution in [-0.4, -0.2) is 15.9 Å². The topological polar surface area (TPSA) is 57.8 Å². The Morgan fingerprint density at radius 2 is 1.93 bits per heavy atom. The van der Waals surface area contributed by atoms with Crippen LogP contribution >= 0.6 is 11.3 Å². The second-order valence-corrected chi connectivity index (χ2v) is 6.78. The third-order valence-electron chi connectivity index (χ3n) is 3.95. The average Bonchev–Trinajstić information content (AvgIpc) is 3.30. The summed E-state index contributed by atoms with van der Waals surface area (Å²) in [6.07, 6.45) is -4.50. The summed E-state index contributed by atoms with van der Waals surface area (Å²) in [6, 6.07) is 13.3. The molecule has 0 aliphatic carbocycles. The Bertz CT molecular complexity index is 1120. The molecule has 2 aromatic carbocycles. The summed E-state index contributed by atoms with van der Waals surface area (Å²) < 4.78 is 38.4. The van der Waals surface area contributed by atoms with Crippen molar-refractivity contribution in [3.63, 3.8) is 0 Å². The number of hydrogen-bond donors (Lipinski definition) is 2. The van der Waals surface area contributed by atoms with Gasteiger partial charge in [-0.25, -0.2) is 4.98 Å². The number of aromatic nitrogens is 2. The molecule has 4 rings (SSSR count). The van der Waals surface area contributed by atoms with Crippen LogP contribution < -0.4 is 5.32 Å². The maximum Gasteiger partial charge on any atom is 0.416 e. The van der Waals surface area contributed by atoms with Gasteiger partial charge in [0.2, 0.25) is 0 Å². The van der Waals surface area contributed by atoms with Crippen molar-refractivity contribution >= 4 is 34.0 Å². The summed E-state index contributed by atoms with van der Waals surface area (Å²) in [4.78, 5) is 21.0. The van der Waals surface area contributed by atoms with Crippen LogP contribution in [0.2, 0.25) is 0 Å². The number of halogens is 3. The molecule has 0 atom stereocenters. The monoisotopic (exact) mass is 387 g/mol. The summed E-state index contributed by atoms with van der Waals surface area (Å²) in [7, 11) is 0. The number of nitrogens with one attached hydrogen (secondary N) is 2. The number of amides is 1. The molecule has 0 aliphatic rings. The van der Waals surface area contributed by atoms with E-state index in [1.165, 1.54) is 12.1 Å². The van der Waals surface area contributed by atoms with E-state index in [2.05, 4.69) is 15.3 Å². The smallest absolute Gasteiger partial charge is 0.337 e. The first-order valence-corrected chi connectivity index (χ1v) is 8.80. The Morgan fingerprint density at radius 3 is 2.67 bits per heavy atom. The van der Waals surface area contributed by atoms with Gasteiger partial charge < -0.3 is 10.3 Å². The van der Waals surface area contributed by atoms with Crippen LogP contribution in [0.25, 0.3) is 21.7 Å². The lowest BCUT2D eigenvalue weighted by atomic mass is 10.1. The SMILES string of the molecule is O=C(Nc1ccc2nc(-c3cccs3)[nH]c2c1)c1cccc(C(F)(F)F)c1. The minimum absolute atomic E-state index is 0.0613. The van der Waals surface area contributed by atoms with Gasteiger partial charge in [0.15, 0.2) is 0 Å². The highest BCUT2D eigenvalue weighted by molar-refractivity contribution is 7.13. The number of carbonyl (C=O) groups excluding carboxylic acids is 1. The van der Waals surface area contributed by atoms with E-state index in [1.807, 2.05) is 17.5 Å². The molecule has 1 amide bonds. The summed E-state index contributed by atoms with van der Waals surface area (Å²) >= 11 is 1.55. The van der Waals surface area contributed by atoms with Gasteiger partial charge in [0.1, 0.15) is 5.82 Å². The van der Waals surface area contributed by atoms with Gasteiger partial charge in [-0.1, -0.05) is 12.1 Å². The van der Waals surface area contributed by atoms with Crippen LogP contribution in [0.3, 0.4) is 0 Å². The van der Waals surface area contributed by atoms with Gasteiger partial charge in [-0.05, 0) is 47.8 Å². The van der Waals surface area contributed by atoms with Crippen molar-refractivity contribution < 1.29 is 18.0 Å². The molecule has 0 bridgehead atoms. The van der Waals surface area contributed by atoms with Gasteiger partial charge in [0, 0.05) is 11.3 Å². The van der Waals surface area contributed by atoms with E-state index in [0.29, 0.717) is 5.69 Å². The number of alkyl halides is 3. The highest BCUT2D eigenvalue weighted by Crippen LogP contribution is 2.30. The van der Waals surface area contributed by atoms with Crippen LogP contribution in [0.1, 0.15) is 15.9 Å². The predicted octanol–water partition coefficient (Wildman–Crippen LogP) is 5.56. The Balaban J connectivity index is 1.59. The van der Waals surface area contributed by atoms with Crippen molar-refractivity contribution in [1.29, 1.82) is 0 Å². The second-order valence-electron chi connectivity index (χ2n) is 5.83. The number of H-pyrrole nitrogens is 1. The first kappa shape index (κ1) is 17.3. The fourth-order valence-electron chi connectivity index (χ4n) is 2.66. The lowest BCUT2D eigenvalue weighted by molar-refractivity contribution is -0.137. The van der Waals surface area contributed by atoms with E-state index in [-0.39, 0.29) is 5.56 Å². The lowest BCUT2D eigenvalue weighted by Gasteiger charge is -2.09. The maximum absolute atomic E-state index is 12.8. The quantitative estimate of drug-likeness (QED) is 0.483. The van der Waals surface area contributed by atoms with E-state index in [0.717, 1.165) is 33.9 Å². The van der Waals surface area contributed by atoms with Crippen LogP contribution in [0.5, 0.6) is 0 Å². The van der Waals surface area contributed by atoms with Gasteiger partial charge in [-0.15, -0.1) is 11.3 Å². The molecular formula is C19H12F3N3OS. The Kier molecular flexibility index (Phi) is 4.19. The van der Waals surface area contributed by atoms with Crippen molar-refractivity contribution in [1.82, 2.24) is 9.97 Å². The number of thiophene rings is 1. The highest BCUT2D eigenvalue weighted by atomic mass is 32.1. The normalized spacial score (nSPS) is 11.7. The van der Waals surface area contributed by atoms with Gasteiger partial charge in [0.25, 0.3) is 5.91 Å². The first-order chi connectivity index (χ1) is 12.9. The van der Waals surface area contributed by atoms with E-state index in [1.54, 1.807) is 29.5 Å². The molecule has 4 nitrogen and oxygen atoms in total. The van der Waals surface area contributed by atoms with E-state index in [4.69, 9.17) is 0 Å². The molecule has 2 aromatic heterocycles. The molecule has 2 N–H and O–H groups in total. The van der Waals surface area contributed by atoms with Crippen molar-refractivity contribution in [3.8, 4) is 10.7 Å². The Morgan fingerprint density at radius 1 is 1.07 bits per heavy atom. The predicted molar refractivity (Wildman–Crippen MR) is 98.8 cm³/mol. The third-order valence-corrected chi connectivity index (χ3v) is 4.82. The van der Waals surface area contributed by atoms with Crippen molar-refractivity contribution in [2.24, 2.45) is 0 Å². The second kappa shape index (κ2) is 6.55. The molecule has 4 aromatic rings. The molecule has 27 heavy (non-hydrogen) atoms. The molecule has 0 saturated carbocycles. The number of benzene rings is 2. The Hall–Kier alpha value is -3.13. The number of nitrogens with zero attached hydrogens (tertiary/aromatic N) is 1. The number of anilines is 1. The average molecular weight is 387 g/mol. The molecule has 0 spiro atoms. The highest BCUT2D eigenvalue weighted by Gasteiger charge is 2.30. The van der Waals surface area contributed by atoms with Gasteiger partial charge in [-0.2, -0.15) is 13.2 Å². The van der Waals surface area contributed by atoms with E-state index < -0.39 is 17.6 Å². The van der Waals surface area contributed by atoms with Crippen LogP contribution in [-0.2, 0) is 6.18 Å². The molecule has 0 radical (unpaired) electrons. The zero-order valence-electron chi connectivity index (χ0n) is 13.7. The van der Waals surface area contributed by atoms with Crippen molar-refractivity contribution in [2.75, 3.05) is 5.32 Å². The zero-order valence-corrected chi connectivity index (χ0v) is 14.5. The minimum Gasteiger partial charge on any atom is -0.337 e. The van der Waals surface area contributed by atoms with Crippen LogP contribution in [0, 0.1) is 0 Å².